The van der Waals surface area contributed by atoms with E-state index in [1.165, 1.54) is 12.5 Å². The maximum atomic E-state index is 12.9. The normalized spacial score (nSPS) is 16.1. The largest absolute Gasteiger partial charge is 0.416 e. The van der Waals surface area contributed by atoms with Gasteiger partial charge in [0.15, 0.2) is 0 Å². The van der Waals surface area contributed by atoms with E-state index in [1.54, 1.807) is 13.0 Å². The van der Waals surface area contributed by atoms with E-state index in [1.807, 2.05) is 24.3 Å². The lowest BCUT2D eigenvalue weighted by atomic mass is 9.98. The highest BCUT2D eigenvalue weighted by Gasteiger charge is 2.31. The average Bonchev–Trinajstić information content (AvgIpc) is 2.68. The second-order valence-electron chi connectivity index (χ2n) is 6.90. The SMILES string of the molecule is C[C@H](C(=O)Nc1ccccc1N1CCCCC1)c1cccc(C(F)(F)F)c1. The average molecular weight is 376 g/mol. The monoisotopic (exact) mass is 376 g/mol. The molecule has 1 N–H and O–H groups in total. The predicted octanol–water partition coefficient (Wildman–Crippen LogP) is 5.44. The second-order valence-corrected chi connectivity index (χ2v) is 6.90. The van der Waals surface area contributed by atoms with Gasteiger partial charge < -0.3 is 10.2 Å². The lowest BCUT2D eigenvalue weighted by Crippen LogP contribution is -2.30. The molecule has 0 spiro atoms. The summed E-state index contributed by atoms with van der Waals surface area (Å²) in [6, 6.07) is 12.5. The minimum Gasteiger partial charge on any atom is -0.370 e. The zero-order chi connectivity index (χ0) is 19.4. The van der Waals surface area contributed by atoms with Crippen molar-refractivity contribution in [3.05, 3.63) is 59.7 Å². The number of anilines is 2. The van der Waals surface area contributed by atoms with Gasteiger partial charge in [0.05, 0.1) is 22.9 Å². The van der Waals surface area contributed by atoms with Crippen LogP contribution in [0.4, 0.5) is 24.5 Å². The Bertz CT molecular complexity index is 798. The lowest BCUT2D eigenvalue weighted by Gasteiger charge is -2.30. The summed E-state index contributed by atoms with van der Waals surface area (Å²) in [5, 5.41) is 2.90. The molecule has 0 saturated carbocycles. The van der Waals surface area contributed by atoms with Crippen LogP contribution in [0.1, 0.15) is 43.2 Å². The van der Waals surface area contributed by atoms with Gasteiger partial charge in [-0.05, 0) is 49.9 Å². The Labute approximate surface area is 157 Å². The molecule has 144 valence electrons. The first-order valence-corrected chi connectivity index (χ1v) is 9.18. The van der Waals surface area contributed by atoms with Crippen molar-refractivity contribution in [3.63, 3.8) is 0 Å². The Balaban J connectivity index is 1.78. The lowest BCUT2D eigenvalue weighted by molar-refractivity contribution is -0.137. The zero-order valence-electron chi connectivity index (χ0n) is 15.2. The van der Waals surface area contributed by atoms with Gasteiger partial charge in [-0.3, -0.25) is 4.79 Å². The fraction of sp³-hybridized carbons (Fsp3) is 0.381. The number of carbonyl (C=O) groups excluding carboxylic acids is 1. The highest BCUT2D eigenvalue weighted by Crippen LogP contribution is 2.32. The molecular weight excluding hydrogens is 353 g/mol. The van der Waals surface area contributed by atoms with Crippen LogP contribution in [0.15, 0.2) is 48.5 Å². The van der Waals surface area contributed by atoms with Crippen LogP contribution in [0.5, 0.6) is 0 Å². The Morgan fingerprint density at radius 2 is 1.74 bits per heavy atom. The van der Waals surface area contributed by atoms with Crippen molar-refractivity contribution in [1.29, 1.82) is 0 Å². The highest BCUT2D eigenvalue weighted by molar-refractivity contribution is 5.98. The van der Waals surface area contributed by atoms with Gasteiger partial charge >= 0.3 is 6.18 Å². The van der Waals surface area contributed by atoms with Crippen LogP contribution in [0.2, 0.25) is 0 Å². The number of carbonyl (C=O) groups is 1. The van der Waals surface area contributed by atoms with E-state index < -0.39 is 17.7 Å². The number of nitrogens with zero attached hydrogens (tertiary/aromatic N) is 1. The molecule has 0 aromatic heterocycles. The fourth-order valence-electron chi connectivity index (χ4n) is 3.37. The van der Waals surface area contributed by atoms with Crippen LogP contribution in [0.25, 0.3) is 0 Å². The molecule has 1 fully saturated rings. The van der Waals surface area contributed by atoms with Crippen LogP contribution < -0.4 is 10.2 Å². The Hall–Kier alpha value is -2.50. The fourth-order valence-corrected chi connectivity index (χ4v) is 3.37. The third-order valence-electron chi connectivity index (χ3n) is 4.97. The quantitative estimate of drug-likeness (QED) is 0.771. The summed E-state index contributed by atoms with van der Waals surface area (Å²) >= 11 is 0. The third kappa shape index (κ3) is 4.62. The van der Waals surface area contributed by atoms with Crippen LogP contribution >= 0.6 is 0 Å². The number of nitrogens with one attached hydrogen (secondary N) is 1. The maximum absolute atomic E-state index is 12.9. The number of halogens is 3. The predicted molar refractivity (Wildman–Crippen MR) is 101 cm³/mol. The van der Waals surface area contributed by atoms with E-state index in [2.05, 4.69) is 10.2 Å². The second kappa shape index (κ2) is 8.03. The number of rotatable bonds is 4. The molecule has 3 rings (SSSR count). The molecule has 0 unspecified atom stereocenters. The van der Waals surface area contributed by atoms with Crippen LogP contribution in [0.3, 0.4) is 0 Å². The molecule has 1 atom stereocenters. The number of amides is 1. The summed E-state index contributed by atoms with van der Waals surface area (Å²) in [4.78, 5) is 14.9. The smallest absolute Gasteiger partial charge is 0.370 e. The van der Waals surface area contributed by atoms with E-state index in [0.29, 0.717) is 11.3 Å². The molecular formula is C21H23F3N2O. The molecule has 3 nitrogen and oxygen atoms in total. The number of para-hydroxylation sites is 2. The molecule has 1 amide bonds. The molecule has 0 radical (unpaired) electrons. The van der Waals surface area contributed by atoms with Crippen molar-refractivity contribution in [1.82, 2.24) is 0 Å². The summed E-state index contributed by atoms with van der Waals surface area (Å²) < 4.78 is 38.8. The van der Waals surface area contributed by atoms with Crippen molar-refractivity contribution in [2.75, 3.05) is 23.3 Å². The van der Waals surface area contributed by atoms with Crippen molar-refractivity contribution in [2.24, 2.45) is 0 Å². The number of alkyl halides is 3. The molecule has 27 heavy (non-hydrogen) atoms. The first-order valence-electron chi connectivity index (χ1n) is 9.18. The molecule has 1 heterocycles. The van der Waals surface area contributed by atoms with E-state index >= 15 is 0 Å². The molecule has 2 aromatic carbocycles. The number of piperidine rings is 1. The highest BCUT2D eigenvalue weighted by atomic mass is 19.4. The van der Waals surface area contributed by atoms with Gasteiger partial charge in [-0.15, -0.1) is 0 Å². The molecule has 6 heteroatoms. The molecule has 1 saturated heterocycles. The van der Waals surface area contributed by atoms with Crippen molar-refractivity contribution >= 4 is 17.3 Å². The molecule has 2 aromatic rings. The van der Waals surface area contributed by atoms with E-state index in [9.17, 15) is 18.0 Å². The summed E-state index contributed by atoms with van der Waals surface area (Å²) in [6.07, 6.45) is -0.990. The minimum absolute atomic E-state index is 0.321. The van der Waals surface area contributed by atoms with Gasteiger partial charge in [0.2, 0.25) is 5.91 Å². The van der Waals surface area contributed by atoms with Crippen LogP contribution in [-0.2, 0) is 11.0 Å². The minimum atomic E-state index is -4.42. The van der Waals surface area contributed by atoms with Gasteiger partial charge in [0.25, 0.3) is 0 Å². The van der Waals surface area contributed by atoms with E-state index in [-0.39, 0.29) is 5.91 Å². The number of benzene rings is 2. The van der Waals surface area contributed by atoms with Gasteiger partial charge in [0, 0.05) is 13.1 Å². The standard InChI is InChI=1S/C21H23F3N2O/c1-15(16-8-7-9-17(14-16)21(22,23)24)20(27)25-18-10-3-4-11-19(18)26-12-5-2-6-13-26/h3-4,7-11,14-15H,2,5-6,12-13H2,1H3,(H,25,27)/t15-/m0/s1. The Morgan fingerprint density at radius 3 is 2.44 bits per heavy atom. The summed E-state index contributed by atoms with van der Waals surface area (Å²) in [6.45, 7) is 3.50. The topological polar surface area (TPSA) is 32.3 Å². The van der Waals surface area contributed by atoms with Crippen molar-refractivity contribution < 1.29 is 18.0 Å². The molecule has 1 aliphatic rings. The summed E-state index contributed by atoms with van der Waals surface area (Å²) in [5.74, 6) is -1.01. The van der Waals surface area contributed by atoms with Gasteiger partial charge in [-0.1, -0.05) is 30.3 Å². The number of hydrogen-bond acceptors (Lipinski definition) is 2. The van der Waals surface area contributed by atoms with Gasteiger partial charge in [-0.25, -0.2) is 0 Å². The van der Waals surface area contributed by atoms with Gasteiger partial charge in [0.1, 0.15) is 0 Å². The molecule has 0 bridgehead atoms. The van der Waals surface area contributed by atoms with Crippen molar-refractivity contribution in [3.8, 4) is 0 Å². The molecule has 0 aliphatic carbocycles. The first-order chi connectivity index (χ1) is 12.9. The van der Waals surface area contributed by atoms with Crippen molar-refractivity contribution in [2.45, 2.75) is 38.3 Å². The zero-order valence-corrected chi connectivity index (χ0v) is 15.2. The molecule has 1 aliphatic heterocycles. The Morgan fingerprint density at radius 1 is 1.04 bits per heavy atom. The first kappa shape index (κ1) is 19.3. The summed E-state index contributed by atoms with van der Waals surface area (Å²) in [7, 11) is 0. The van der Waals surface area contributed by atoms with E-state index in [0.717, 1.165) is 43.8 Å². The van der Waals surface area contributed by atoms with E-state index in [4.69, 9.17) is 0 Å². The maximum Gasteiger partial charge on any atom is 0.416 e. The Kier molecular flexibility index (Phi) is 5.73. The van der Waals surface area contributed by atoms with Gasteiger partial charge in [-0.2, -0.15) is 13.2 Å². The summed E-state index contributed by atoms with van der Waals surface area (Å²) in [5.41, 5.74) is 1.26. The van der Waals surface area contributed by atoms with Crippen LogP contribution in [-0.4, -0.2) is 19.0 Å². The van der Waals surface area contributed by atoms with Crippen LogP contribution in [0, 0.1) is 0 Å². The number of hydrogen-bond donors (Lipinski definition) is 1. The third-order valence-corrected chi connectivity index (χ3v) is 4.97.